The van der Waals surface area contributed by atoms with E-state index in [9.17, 15) is 4.79 Å². The van der Waals surface area contributed by atoms with Crippen LogP contribution in [0, 0.1) is 6.92 Å². The van der Waals surface area contributed by atoms with E-state index in [0.29, 0.717) is 12.8 Å². The average molecular weight is 342 g/mol. The van der Waals surface area contributed by atoms with Gasteiger partial charge in [-0.1, -0.05) is 6.92 Å². The lowest BCUT2D eigenvalue weighted by Gasteiger charge is -2.01. The van der Waals surface area contributed by atoms with Gasteiger partial charge in [0.15, 0.2) is 0 Å². The molecule has 2 rings (SSSR count). The van der Waals surface area contributed by atoms with Gasteiger partial charge in [0, 0.05) is 24.5 Å². The van der Waals surface area contributed by atoms with Crippen molar-refractivity contribution in [2.24, 2.45) is 7.05 Å². The van der Waals surface area contributed by atoms with Crippen LogP contribution in [0.15, 0.2) is 9.85 Å². The Kier molecular flexibility index (Phi) is 4.52. The van der Waals surface area contributed by atoms with Crippen molar-refractivity contribution in [2.45, 2.75) is 33.1 Å². The van der Waals surface area contributed by atoms with Crippen LogP contribution < -0.4 is 0 Å². The van der Waals surface area contributed by atoms with Gasteiger partial charge in [0.25, 0.3) is 0 Å². The molecule has 0 fully saturated rings. The van der Waals surface area contributed by atoms with Gasteiger partial charge in [-0.25, -0.2) is 4.98 Å². The zero-order valence-corrected chi connectivity index (χ0v) is 13.6. The monoisotopic (exact) mass is 341 g/mol. The minimum absolute atomic E-state index is 0.167. The normalized spacial score (nSPS) is 10.9. The second-order valence-corrected chi connectivity index (χ2v) is 6.20. The van der Waals surface area contributed by atoms with Crippen molar-refractivity contribution >= 4 is 33.0 Å². The third kappa shape index (κ3) is 3.30. The minimum atomic E-state index is 0.167. The number of aromatic nitrogens is 3. The predicted octanol–water partition coefficient (Wildman–Crippen LogP) is 2.86. The lowest BCUT2D eigenvalue weighted by atomic mass is 10.1. The molecule has 102 valence electrons. The van der Waals surface area contributed by atoms with Crippen LogP contribution in [0.4, 0.5) is 0 Å². The maximum atomic E-state index is 12.1. The highest BCUT2D eigenvalue weighted by molar-refractivity contribution is 9.10. The number of hydrogen-bond donors (Lipinski definition) is 0. The zero-order valence-electron chi connectivity index (χ0n) is 11.2. The summed E-state index contributed by atoms with van der Waals surface area (Å²) in [6, 6.07) is 0. The standard InChI is InChI=1S/C13H16BrN3OS/c1-4-10-13(14)11(17(3)16-10)5-9(18)6-12-15-8(2)7-19-12/h7H,4-6H2,1-3H3. The molecule has 4 nitrogen and oxygen atoms in total. The summed E-state index contributed by atoms with van der Waals surface area (Å²) >= 11 is 5.07. The number of rotatable bonds is 5. The topological polar surface area (TPSA) is 47.8 Å². The van der Waals surface area contributed by atoms with Crippen molar-refractivity contribution in [3.05, 3.63) is 31.9 Å². The Balaban J connectivity index is 2.09. The van der Waals surface area contributed by atoms with Crippen LogP contribution in [-0.2, 0) is 31.1 Å². The fourth-order valence-corrected chi connectivity index (χ4v) is 3.47. The van der Waals surface area contributed by atoms with Crippen LogP contribution in [0.25, 0.3) is 0 Å². The molecule has 0 saturated carbocycles. The summed E-state index contributed by atoms with van der Waals surface area (Å²) in [4.78, 5) is 16.4. The summed E-state index contributed by atoms with van der Waals surface area (Å²) in [6.07, 6.45) is 1.65. The molecule has 0 radical (unpaired) electrons. The van der Waals surface area contributed by atoms with Crippen LogP contribution in [0.1, 0.15) is 29.0 Å². The number of nitrogens with zero attached hydrogens (tertiary/aromatic N) is 3. The van der Waals surface area contributed by atoms with Crippen LogP contribution in [-0.4, -0.2) is 20.5 Å². The van der Waals surface area contributed by atoms with E-state index in [-0.39, 0.29) is 5.78 Å². The van der Waals surface area contributed by atoms with Crippen LogP contribution in [0.2, 0.25) is 0 Å². The van der Waals surface area contributed by atoms with Gasteiger partial charge in [-0.05, 0) is 29.3 Å². The Morgan fingerprint density at radius 1 is 1.47 bits per heavy atom. The second-order valence-electron chi connectivity index (χ2n) is 4.46. The van der Waals surface area contributed by atoms with E-state index in [4.69, 9.17) is 0 Å². The van der Waals surface area contributed by atoms with Gasteiger partial charge < -0.3 is 0 Å². The van der Waals surface area contributed by atoms with Gasteiger partial charge in [0.2, 0.25) is 0 Å². The number of Topliss-reactive ketones (excluding diaryl/α,β-unsaturated/α-hetero) is 1. The molecule has 0 saturated heterocycles. The van der Waals surface area contributed by atoms with Crippen molar-refractivity contribution in [2.75, 3.05) is 0 Å². The first-order valence-electron chi connectivity index (χ1n) is 6.14. The Bertz CT molecular complexity index is 603. The Labute approximate surface area is 125 Å². The molecule has 2 aromatic rings. The smallest absolute Gasteiger partial charge is 0.145 e. The van der Waals surface area contributed by atoms with E-state index in [0.717, 1.165) is 33.0 Å². The molecular weight excluding hydrogens is 326 g/mol. The zero-order chi connectivity index (χ0) is 14.0. The number of halogens is 1. The number of carbonyl (C=O) groups is 1. The fraction of sp³-hybridized carbons (Fsp3) is 0.462. The molecule has 0 aliphatic heterocycles. The number of ketones is 1. The molecule has 0 spiro atoms. The van der Waals surface area contributed by atoms with Crippen molar-refractivity contribution < 1.29 is 4.79 Å². The summed E-state index contributed by atoms with van der Waals surface area (Å²) in [5.41, 5.74) is 2.91. The van der Waals surface area contributed by atoms with E-state index in [1.165, 1.54) is 0 Å². The van der Waals surface area contributed by atoms with Crippen molar-refractivity contribution in [3.63, 3.8) is 0 Å². The highest BCUT2D eigenvalue weighted by Crippen LogP contribution is 2.22. The SMILES string of the molecule is CCc1nn(C)c(CC(=O)Cc2nc(C)cs2)c1Br. The van der Waals surface area contributed by atoms with Crippen molar-refractivity contribution in [1.29, 1.82) is 0 Å². The van der Waals surface area contributed by atoms with Gasteiger partial charge in [-0.3, -0.25) is 9.48 Å². The maximum Gasteiger partial charge on any atom is 0.145 e. The summed E-state index contributed by atoms with van der Waals surface area (Å²) in [5.74, 6) is 0.167. The molecule has 2 heterocycles. The van der Waals surface area contributed by atoms with Gasteiger partial charge in [0.05, 0.1) is 22.3 Å². The fourth-order valence-electron chi connectivity index (χ4n) is 1.91. The van der Waals surface area contributed by atoms with E-state index in [1.54, 1.807) is 16.0 Å². The first kappa shape index (κ1) is 14.4. The molecule has 0 aliphatic carbocycles. The maximum absolute atomic E-state index is 12.1. The number of carbonyl (C=O) groups excluding carboxylic acids is 1. The lowest BCUT2D eigenvalue weighted by Crippen LogP contribution is -2.10. The highest BCUT2D eigenvalue weighted by atomic mass is 79.9. The van der Waals surface area contributed by atoms with E-state index in [1.807, 2.05) is 19.4 Å². The number of aryl methyl sites for hydroxylation is 3. The summed E-state index contributed by atoms with van der Waals surface area (Å²) in [5, 5.41) is 7.25. The molecule has 19 heavy (non-hydrogen) atoms. The Morgan fingerprint density at radius 3 is 2.74 bits per heavy atom. The second kappa shape index (κ2) is 5.96. The molecule has 0 unspecified atom stereocenters. The number of thiazole rings is 1. The highest BCUT2D eigenvalue weighted by Gasteiger charge is 2.16. The average Bonchev–Trinajstić information content (AvgIpc) is 2.87. The molecule has 0 aromatic carbocycles. The molecule has 0 aliphatic rings. The molecule has 0 amide bonds. The first-order valence-corrected chi connectivity index (χ1v) is 7.81. The van der Waals surface area contributed by atoms with Crippen LogP contribution in [0.3, 0.4) is 0 Å². The van der Waals surface area contributed by atoms with E-state index >= 15 is 0 Å². The summed E-state index contributed by atoms with van der Waals surface area (Å²) < 4.78 is 2.75. The quantitative estimate of drug-likeness (QED) is 0.840. The number of hydrogen-bond acceptors (Lipinski definition) is 4. The van der Waals surface area contributed by atoms with E-state index < -0.39 is 0 Å². The Morgan fingerprint density at radius 2 is 2.21 bits per heavy atom. The molecule has 0 atom stereocenters. The van der Waals surface area contributed by atoms with Crippen molar-refractivity contribution in [3.8, 4) is 0 Å². The third-order valence-corrected chi connectivity index (χ3v) is 4.76. The predicted molar refractivity (Wildman–Crippen MR) is 79.6 cm³/mol. The molecule has 0 N–H and O–H groups in total. The Hall–Kier alpha value is -1.01. The van der Waals surface area contributed by atoms with Gasteiger partial charge in [-0.15, -0.1) is 11.3 Å². The molecule has 6 heteroatoms. The minimum Gasteiger partial charge on any atom is -0.299 e. The van der Waals surface area contributed by atoms with Crippen LogP contribution in [0.5, 0.6) is 0 Å². The first-order chi connectivity index (χ1) is 9.01. The van der Waals surface area contributed by atoms with Crippen LogP contribution >= 0.6 is 27.3 Å². The van der Waals surface area contributed by atoms with Gasteiger partial charge >= 0.3 is 0 Å². The van der Waals surface area contributed by atoms with Gasteiger partial charge in [-0.2, -0.15) is 5.10 Å². The summed E-state index contributed by atoms with van der Waals surface area (Å²) in [6.45, 7) is 3.99. The third-order valence-electron chi connectivity index (χ3n) is 2.88. The van der Waals surface area contributed by atoms with E-state index in [2.05, 4.69) is 32.9 Å². The molecular formula is C13H16BrN3OS. The molecule has 0 bridgehead atoms. The van der Waals surface area contributed by atoms with Crippen molar-refractivity contribution in [1.82, 2.24) is 14.8 Å². The largest absolute Gasteiger partial charge is 0.299 e. The van der Waals surface area contributed by atoms with Gasteiger partial charge in [0.1, 0.15) is 10.8 Å². The molecule has 2 aromatic heterocycles. The summed E-state index contributed by atoms with van der Waals surface area (Å²) in [7, 11) is 1.88. The lowest BCUT2D eigenvalue weighted by molar-refractivity contribution is -0.117.